The summed E-state index contributed by atoms with van der Waals surface area (Å²) < 4.78 is 4.88. The number of hydrogen-bond acceptors (Lipinski definition) is 9. The summed E-state index contributed by atoms with van der Waals surface area (Å²) in [5, 5.41) is 5.02. The monoisotopic (exact) mass is 267 g/mol. The topological polar surface area (TPSA) is 144 Å². The summed E-state index contributed by atoms with van der Waals surface area (Å²) in [7, 11) is 1.39. The van der Waals surface area contributed by atoms with Crippen molar-refractivity contribution < 1.29 is 14.3 Å². The number of carbonyl (C=O) groups excluding carboxylic acids is 2. The Hall–Kier alpha value is -2.49. The maximum absolute atomic E-state index is 11.6. The highest BCUT2D eigenvalue weighted by Crippen LogP contribution is 2.14. The highest BCUT2D eigenvalue weighted by Gasteiger charge is 2.27. The van der Waals surface area contributed by atoms with Gasteiger partial charge in [0.15, 0.2) is 0 Å². The number of ether oxygens (including phenoxy) is 1. The Morgan fingerprint density at radius 2 is 2.05 bits per heavy atom. The van der Waals surface area contributed by atoms with E-state index in [0.29, 0.717) is 6.42 Å². The Kier molecular flexibility index (Phi) is 3.71. The minimum atomic E-state index is -0.588. The van der Waals surface area contributed by atoms with Crippen LogP contribution < -0.4 is 26.6 Å². The molecular formula is C9H13N7O3. The quantitative estimate of drug-likeness (QED) is 0.287. The average molecular weight is 267 g/mol. The maximum Gasteiger partial charge on any atom is 0.322 e. The zero-order chi connectivity index (χ0) is 13.8. The van der Waals surface area contributed by atoms with Crippen molar-refractivity contribution >= 4 is 23.7 Å². The molecule has 0 saturated carbocycles. The van der Waals surface area contributed by atoms with E-state index in [1.807, 2.05) is 0 Å². The molecule has 0 radical (unpaired) electrons. The first kappa shape index (κ1) is 13.0. The van der Waals surface area contributed by atoms with Gasteiger partial charge in [0.25, 0.3) is 0 Å². The molecule has 102 valence electrons. The number of aromatic nitrogens is 3. The van der Waals surface area contributed by atoms with E-state index in [4.69, 9.17) is 10.6 Å². The van der Waals surface area contributed by atoms with Gasteiger partial charge in [-0.15, -0.1) is 0 Å². The Bertz CT molecular complexity index is 484. The Morgan fingerprint density at radius 3 is 2.68 bits per heavy atom. The van der Waals surface area contributed by atoms with Crippen LogP contribution in [0, 0.1) is 0 Å². The lowest BCUT2D eigenvalue weighted by Gasteiger charge is -2.21. The number of hydrogen-bond donors (Lipinski definition) is 4. The van der Waals surface area contributed by atoms with Crippen molar-refractivity contribution in [2.24, 2.45) is 5.84 Å². The molecule has 10 heteroatoms. The van der Waals surface area contributed by atoms with Crippen molar-refractivity contribution in [3.63, 3.8) is 0 Å². The molecule has 1 atom stereocenters. The minimum absolute atomic E-state index is 0.0535. The second kappa shape index (κ2) is 5.44. The van der Waals surface area contributed by atoms with Crippen LogP contribution in [0.4, 0.5) is 11.9 Å². The first-order valence-electron chi connectivity index (χ1n) is 5.49. The molecule has 10 nitrogen and oxygen atoms in total. The van der Waals surface area contributed by atoms with Crippen molar-refractivity contribution in [1.29, 1.82) is 0 Å². The van der Waals surface area contributed by atoms with Gasteiger partial charge in [0.05, 0.1) is 7.11 Å². The minimum Gasteiger partial charge on any atom is -0.467 e. The molecule has 1 aromatic rings. The smallest absolute Gasteiger partial charge is 0.322 e. The SMILES string of the molecule is COc1nc(NN)nc(NC2CCC(=O)NC2=O)n1. The third-order valence-electron chi connectivity index (χ3n) is 2.47. The van der Waals surface area contributed by atoms with Gasteiger partial charge >= 0.3 is 6.01 Å². The van der Waals surface area contributed by atoms with Gasteiger partial charge in [0.2, 0.25) is 23.7 Å². The number of carbonyl (C=O) groups is 2. The molecule has 1 saturated heterocycles. The molecular weight excluding hydrogens is 254 g/mol. The Morgan fingerprint density at radius 1 is 1.32 bits per heavy atom. The van der Waals surface area contributed by atoms with E-state index < -0.39 is 11.9 Å². The Labute approximate surface area is 108 Å². The highest BCUT2D eigenvalue weighted by molar-refractivity contribution is 6.01. The van der Waals surface area contributed by atoms with Crippen LogP contribution in [-0.2, 0) is 9.59 Å². The van der Waals surface area contributed by atoms with Crippen LogP contribution in [0.5, 0.6) is 6.01 Å². The van der Waals surface area contributed by atoms with E-state index in [0.717, 1.165) is 0 Å². The number of nitrogens with two attached hydrogens (primary N) is 1. The van der Waals surface area contributed by atoms with E-state index in [9.17, 15) is 9.59 Å². The van der Waals surface area contributed by atoms with Gasteiger partial charge in [-0.05, 0) is 6.42 Å². The fourth-order valence-corrected chi connectivity index (χ4v) is 1.56. The summed E-state index contributed by atoms with van der Waals surface area (Å²) in [6.45, 7) is 0. The molecule has 1 aliphatic rings. The molecule has 0 aromatic carbocycles. The van der Waals surface area contributed by atoms with E-state index >= 15 is 0 Å². The molecule has 0 spiro atoms. The number of nitrogen functional groups attached to an aromatic ring is 1. The number of nitrogens with one attached hydrogen (secondary N) is 3. The molecule has 19 heavy (non-hydrogen) atoms. The fourth-order valence-electron chi connectivity index (χ4n) is 1.56. The summed E-state index contributed by atoms with van der Waals surface area (Å²) >= 11 is 0. The number of nitrogens with zero attached hydrogens (tertiary/aromatic N) is 3. The number of piperidine rings is 1. The number of imide groups is 1. The lowest BCUT2D eigenvalue weighted by Crippen LogP contribution is -2.47. The normalized spacial score (nSPS) is 18.7. The molecule has 2 amide bonds. The van der Waals surface area contributed by atoms with Gasteiger partial charge < -0.3 is 10.1 Å². The number of rotatable bonds is 4. The number of hydrazine groups is 1. The Balaban J connectivity index is 2.14. The number of amides is 2. The number of anilines is 2. The zero-order valence-corrected chi connectivity index (χ0v) is 10.1. The number of methoxy groups -OCH3 is 1. The fraction of sp³-hybridized carbons (Fsp3) is 0.444. The van der Waals surface area contributed by atoms with Crippen molar-refractivity contribution in [3.8, 4) is 6.01 Å². The largest absolute Gasteiger partial charge is 0.467 e. The predicted molar refractivity (Wildman–Crippen MR) is 64.0 cm³/mol. The molecule has 0 aliphatic carbocycles. The second-order valence-corrected chi connectivity index (χ2v) is 3.76. The lowest BCUT2D eigenvalue weighted by molar-refractivity contribution is -0.133. The highest BCUT2D eigenvalue weighted by atomic mass is 16.5. The van der Waals surface area contributed by atoms with Gasteiger partial charge in [-0.25, -0.2) is 5.84 Å². The van der Waals surface area contributed by atoms with Crippen molar-refractivity contribution in [2.75, 3.05) is 17.9 Å². The van der Waals surface area contributed by atoms with E-state index in [1.54, 1.807) is 0 Å². The zero-order valence-electron chi connectivity index (χ0n) is 10.1. The first-order chi connectivity index (χ1) is 9.12. The maximum atomic E-state index is 11.6. The second-order valence-electron chi connectivity index (χ2n) is 3.76. The van der Waals surface area contributed by atoms with Crippen molar-refractivity contribution in [2.45, 2.75) is 18.9 Å². The summed E-state index contributed by atoms with van der Waals surface area (Å²) in [5.74, 6) is 4.73. The predicted octanol–water partition coefficient (Wildman–Crippen LogP) is -1.62. The third kappa shape index (κ3) is 3.04. The van der Waals surface area contributed by atoms with Crippen LogP contribution in [0.1, 0.15) is 12.8 Å². The summed E-state index contributed by atoms with van der Waals surface area (Å²) in [5.41, 5.74) is 2.26. The molecule has 1 aliphatic heterocycles. The summed E-state index contributed by atoms with van der Waals surface area (Å²) in [6, 6.07) is -0.534. The van der Waals surface area contributed by atoms with E-state index in [1.165, 1.54) is 7.11 Å². The van der Waals surface area contributed by atoms with Gasteiger partial charge in [0.1, 0.15) is 6.04 Å². The van der Waals surface area contributed by atoms with Crippen LogP contribution in [0.15, 0.2) is 0 Å². The molecule has 1 fully saturated rings. The summed E-state index contributed by atoms with van der Waals surface area (Å²) in [4.78, 5) is 34.3. The van der Waals surface area contributed by atoms with E-state index in [2.05, 4.69) is 31.0 Å². The molecule has 1 unspecified atom stereocenters. The molecule has 1 aromatic heterocycles. The summed E-state index contributed by atoms with van der Waals surface area (Å²) in [6.07, 6.45) is 0.623. The molecule has 0 bridgehead atoms. The van der Waals surface area contributed by atoms with Gasteiger partial charge in [-0.3, -0.25) is 20.3 Å². The van der Waals surface area contributed by atoms with E-state index in [-0.39, 0.29) is 30.2 Å². The van der Waals surface area contributed by atoms with Crippen molar-refractivity contribution in [3.05, 3.63) is 0 Å². The van der Waals surface area contributed by atoms with Crippen molar-refractivity contribution in [1.82, 2.24) is 20.3 Å². The first-order valence-corrected chi connectivity index (χ1v) is 5.49. The van der Waals surface area contributed by atoms with Crippen LogP contribution in [0.25, 0.3) is 0 Å². The molecule has 5 N–H and O–H groups in total. The lowest BCUT2D eigenvalue weighted by atomic mass is 10.1. The molecule has 2 rings (SSSR count). The third-order valence-corrected chi connectivity index (χ3v) is 2.47. The van der Waals surface area contributed by atoms with Gasteiger partial charge in [-0.1, -0.05) is 0 Å². The van der Waals surface area contributed by atoms with Crippen LogP contribution >= 0.6 is 0 Å². The van der Waals surface area contributed by atoms with Crippen LogP contribution in [0.2, 0.25) is 0 Å². The van der Waals surface area contributed by atoms with Gasteiger partial charge in [0, 0.05) is 6.42 Å². The standard InChI is InChI=1S/C9H13N7O3/c1-19-9-14-7(13-8(15-9)16-10)11-4-2-3-5(17)12-6(4)18/h4H,2-3,10H2,1H3,(H,12,17,18)(H2,11,13,14,15,16). The van der Waals surface area contributed by atoms with Crippen LogP contribution in [0.3, 0.4) is 0 Å². The van der Waals surface area contributed by atoms with Crippen LogP contribution in [-0.4, -0.2) is 39.9 Å². The van der Waals surface area contributed by atoms with Gasteiger partial charge in [-0.2, -0.15) is 15.0 Å². The average Bonchev–Trinajstić information content (AvgIpc) is 2.41. The molecule has 2 heterocycles.